The Labute approximate surface area is 123 Å². The Bertz CT molecular complexity index is 550. The van der Waals surface area contributed by atoms with Gasteiger partial charge in [0.25, 0.3) is 0 Å². The smallest absolute Gasteiger partial charge is 0.224 e. The largest absolute Gasteiger partial charge is 0.383 e. The summed E-state index contributed by atoms with van der Waals surface area (Å²) in [6, 6.07) is 9.54. The number of methoxy groups -OCH3 is 1. The molecule has 20 heavy (non-hydrogen) atoms. The van der Waals surface area contributed by atoms with E-state index in [0.29, 0.717) is 25.6 Å². The highest BCUT2D eigenvalue weighted by Crippen LogP contribution is 2.16. The summed E-state index contributed by atoms with van der Waals surface area (Å²) in [5.74, 6) is 1.33. The van der Waals surface area contributed by atoms with Crippen molar-refractivity contribution in [3.63, 3.8) is 0 Å². The molecule has 1 aromatic heterocycles. The molecule has 6 heteroatoms. The maximum absolute atomic E-state index is 6.11. The molecule has 0 saturated heterocycles. The fourth-order valence-corrected chi connectivity index (χ4v) is 1.84. The molecule has 0 unspecified atom stereocenters. The Hall–Kier alpha value is -1.85. The minimum Gasteiger partial charge on any atom is -0.383 e. The van der Waals surface area contributed by atoms with Gasteiger partial charge in [0, 0.05) is 31.4 Å². The minimum atomic E-state index is 0.575. The fraction of sp³-hybridized carbons (Fsp3) is 0.286. The highest BCUT2D eigenvalue weighted by Gasteiger charge is 2.01. The van der Waals surface area contributed by atoms with Crippen LogP contribution in [0.5, 0.6) is 0 Å². The molecule has 1 aromatic carbocycles. The summed E-state index contributed by atoms with van der Waals surface area (Å²) < 4.78 is 4.96. The van der Waals surface area contributed by atoms with Gasteiger partial charge in [-0.3, -0.25) is 0 Å². The van der Waals surface area contributed by atoms with Crippen LogP contribution in [0.25, 0.3) is 0 Å². The standard InChI is InChI=1S/C14H17ClN4O/c1-20-9-8-17-14-16-7-6-13(19-14)18-10-11-4-2-3-5-12(11)15/h2-7H,8-10H2,1H3,(H2,16,17,18,19). The summed E-state index contributed by atoms with van der Waals surface area (Å²) in [7, 11) is 1.66. The van der Waals surface area contributed by atoms with Crippen molar-refractivity contribution in [3.8, 4) is 0 Å². The van der Waals surface area contributed by atoms with E-state index in [0.717, 1.165) is 16.4 Å². The van der Waals surface area contributed by atoms with Crippen LogP contribution in [0.15, 0.2) is 36.5 Å². The maximum atomic E-state index is 6.11. The molecular formula is C14H17ClN4O. The van der Waals surface area contributed by atoms with E-state index >= 15 is 0 Å². The van der Waals surface area contributed by atoms with E-state index in [4.69, 9.17) is 16.3 Å². The number of ether oxygens (including phenoxy) is 1. The van der Waals surface area contributed by atoms with Gasteiger partial charge in [0.05, 0.1) is 6.61 Å². The van der Waals surface area contributed by atoms with Crippen molar-refractivity contribution >= 4 is 23.4 Å². The summed E-state index contributed by atoms with van der Waals surface area (Å²) in [5, 5.41) is 7.05. The Morgan fingerprint density at radius 2 is 2.05 bits per heavy atom. The van der Waals surface area contributed by atoms with Gasteiger partial charge in [0.1, 0.15) is 5.82 Å². The third kappa shape index (κ3) is 4.36. The molecule has 5 nitrogen and oxygen atoms in total. The SMILES string of the molecule is COCCNc1nccc(NCc2ccccc2Cl)n1. The monoisotopic (exact) mass is 292 g/mol. The fourth-order valence-electron chi connectivity index (χ4n) is 1.63. The van der Waals surface area contributed by atoms with E-state index in [2.05, 4.69) is 20.6 Å². The first-order valence-electron chi connectivity index (χ1n) is 6.32. The topological polar surface area (TPSA) is 59.1 Å². The number of benzene rings is 1. The molecule has 0 spiro atoms. The first-order chi connectivity index (χ1) is 9.79. The summed E-state index contributed by atoms with van der Waals surface area (Å²) >= 11 is 6.11. The molecule has 0 atom stereocenters. The first-order valence-corrected chi connectivity index (χ1v) is 6.70. The zero-order valence-corrected chi connectivity index (χ0v) is 12.0. The van der Waals surface area contributed by atoms with E-state index in [-0.39, 0.29) is 0 Å². The van der Waals surface area contributed by atoms with Crippen molar-refractivity contribution in [1.29, 1.82) is 0 Å². The normalized spacial score (nSPS) is 10.3. The van der Waals surface area contributed by atoms with Gasteiger partial charge < -0.3 is 15.4 Å². The van der Waals surface area contributed by atoms with Crippen LogP contribution in [0, 0.1) is 0 Å². The van der Waals surface area contributed by atoms with Crippen LogP contribution in [-0.4, -0.2) is 30.2 Å². The molecule has 2 aromatic rings. The van der Waals surface area contributed by atoms with Gasteiger partial charge in [-0.25, -0.2) is 4.98 Å². The molecule has 2 N–H and O–H groups in total. The van der Waals surface area contributed by atoms with Crippen LogP contribution in [0.3, 0.4) is 0 Å². The third-order valence-electron chi connectivity index (χ3n) is 2.66. The lowest BCUT2D eigenvalue weighted by Crippen LogP contribution is -2.11. The molecule has 0 aliphatic rings. The van der Waals surface area contributed by atoms with Gasteiger partial charge in [0.2, 0.25) is 5.95 Å². The number of hydrogen-bond donors (Lipinski definition) is 2. The van der Waals surface area contributed by atoms with E-state index in [1.165, 1.54) is 0 Å². The highest BCUT2D eigenvalue weighted by atomic mass is 35.5. The number of aromatic nitrogens is 2. The van der Waals surface area contributed by atoms with Crippen molar-refractivity contribution in [1.82, 2.24) is 9.97 Å². The summed E-state index contributed by atoms with van der Waals surface area (Å²) in [6.45, 7) is 1.90. The summed E-state index contributed by atoms with van der Waals surface area (Å²) in [6.07, 6.45) is 1.71. The van der Waals surface area contributed by atoms with Gasteiger partial charge >= 0.3 is 0 Å². The molecule has 2 rings (SSSR count). The number of nitrogens with one attached hydrogen (secondary N) is 2. The highest BCUT2D eigenvalue weighted by molar-refractivity contribution is 6.31. The first kappa shape index (κ1) is 14.6. The van der Waals surface area contributed by atoms with Gasteiger partial charge in [-0.15, -0.1) is 0 Å². The zero-order valence-electron chi connectivity index (χ0n) is 11.3. The third-order valence-corrected chi connectivity index (χ3v) is 3.03. The molecule has 0 radical (unpaired) electrons. The molecule has 0 aliphatic heterocycles. The second-order valence-electron chi connectivity index (χ2n) is 4.13. The molecule has 0 aliphatic carbocycles. The van der Waals surface area contributed by atoms with Crippen molar-refractivity contribution in [2.24, 2.45) is 0 Å². The number of nitrogens with zero attached hydrogens (tertiary/aromatic N) is 2. The molecule has 0 amide bonds. The van der Waals surface area contributed by atoms with E-state index in [1.807, 2.05) is 30.3 Å². The lowest BCUT2D eigenvalue weighted by molar-refractivity contribution is 0.210. The van der Waals surface area contributed by atoms with Crippen LogP contribution >= 0.6 is 11.6 Å². The van der Waals surface area contributed by atoms with Gasteiger partial charge in [0.15, 0.2) is 0 Å². The van der Waals surface area contributed by atoms with Gasteiger partial charge in [-0.1, -0.05) is 29.8 Å². The van der Waals surface area contributed by atoms with E-state index in [1.54, 1.807) is 13.3 Å². The quantitative estimate of drug-likeness (QED) is 0.769. The molecule has 0 saturated carbocycles. The van der Waals surface area contributed by atoms with Crippen LogP contribution in [-0.2, 0) is 11.3 Å². The van der Waals surface area contributed by atoms with Crippen LogP contribution < -0.4 is 10.6 Å². The molecule has 0 bridgehead atoms. The van der Waals surface area contributed by atoms with Crippen LogP contribution in [0.4, 0.5) is 11.8 Å². The lowest BCUT2D eigenvalue weighted by Gasteiger charge is -2.09. The van der Waals surface area contributed by atoms with E-state index < -0.39 is 0 Å². The Morgan fingerprint density at radius 3 is 2.85 bits per heavy atom. The van der Waals surface area contributed by atoms with Crippen molar-refractivity contribution in [2.75, 3.05) is 30.9 Å². The predicted octanol–water partition coefficient (Wildman–Crippen LogP) is 2.80. The second-order valence-corrected chi connectivity index (χ2v) is 4.54. The Balaban J connectivity index is 1.93. The average molecular weight is 293 g/mol. The van der Waals surface area contributed by atoms with Crippen molar-refractivity contribution in [2.45, 2.75) is 6.54 Å². The zero-order chi connectivity index (χ0) is 14.2. The maximum Gasteiger partial charge on any atom is 0.224 e. The second kappa shape index (κ2) is 7.67. The van der Waals surface area contributed by atoms with Gasteiger partial charge in [-0.05, 0) is 17.7 Å². The van der Waals surface area contributed by atoms with Crippen LogP contribution in [0.2, 0.25) is 5.02 Å². The predicted molar refractivity (Wildman–Crippen MR) is 81.2 cm³/mol. The molecule has 106 valence electrons. The lowest BCUT2D eigenvalue weighted by atomic mass is 10.2. The van der Waals surface area contributed by atoms with Crippen molar-refractivity contribution in [3.05, 3.63) is 47.1 Å². The van der Waals surface area contributed by atoms with Crippen molar-refractivity contribution < 1.29 is 4.74 Å². The number of hydrogen-bond acceptors (Lipinski definition) is 5. The van der Waals surface area contributed by atoms with Gasteiger partial charge in [-0.2, -0.15) is 4.98 Å². The number of halogens is 1. The molecule has 1 heterocycles. The summed E-state index contributed by atoms with van der Waals surface area (Å²) in [4.78, 5) is 8.50. The minimum absolute atomic E-state index is 0.575. The number of anilines is 2. The van der Waals surface area contributed by atoms with Crippen LogP contribution in [0.1, 0.15) is 5.56 Å². The molecular weight excluding hydrogens is 276 g/mol. The average Bonchev–Trinajstić information content (AvgIpc) is 2.47. The molecule has 0 fully saturated rings. The summed E-state index contributed by atoms with van der Waals surface area (Å²) in [5.41, 5.74) is 1.03. The number of rotatable bonds is 7. The Morgan fingerprint density at radius 1 is 1.20 bits per heavy atom. The van der Waals surface area contributed by atoms with E-state index in [9.17, 15) is 0 Å². The Kier molecular flexibility index (Phi) is 5.58.